The Morgan fingerprint density at radius 2 is 2.11 bits per heavy atom. The van der Waals surface area contributed by atoms with E-state index >= 15 is 0 Å². The third-order valence-electron chi connectivity index (χ3n) is 4.14. The normalized spacial score (nSPS) is 21.1. The molecule has 9 heteroatoms. The van der Waals surface area contributed by atoms with E-state index < -0.39 is 17.4 Å². The third-order valence-corrected chi connectivity index (χ3v) is 5.19. The molecular weight excluding hydrogens is 368 g/mol. The number of hydrogen-bond donors (Lipinski definition) is 1. The molecule has 27 heavy (non-hydrogen) atoms. The van der Waals surface area contributed by atoms with Gasteiger partial charge in [0.25, 0.3) is 11.8 Å². The van der Waals surface area contributed by atoms with Crippen LogP contribution in [0.4, 0.5) is 5.13 Å². The van der Waals surface area contributed by atoms with E-state index in [4.69, 9.17) is 4.74 Å². The van der Waals surface area contributed by atoms with Crippen molar-refractivity contribution >= 4 is 40.1 Å². The van der Waals surface area contributed by atoms with Gasteiger partial charge in [0.05, 0.1) is 18.2 Å². The van der Waals surface area contributed by atoms with E-state index in [1.165, 1.54) is 0 Å². The zero-order valence-electron chi connectivity index (χ0n) is 15.5. The minimum absolute atomic E-state index is 0.0624. The average Bonchev–Trinajstić information content (AvgIpc) is 2.94. The highest BCUT2D eigenvalue weighted by atomic mass is 32.1. The second kappa shape index (κ2) is 7.07. The van der Waals surface area contributed by atoms with Crippen molar-refractivity contribution in [2.45, 2.75) is 45.8 Å². The second-order valence-electron chi connectivity index (χ2n) is 6.73. The number of rotatable bonds is 4. The Morgan fingerprint density at radius 3 is 2.81 bits per heavy atom. The van der Waals surface area contributed by atoms with Gasteiger partial charge >= 0.3 is 5.97 Å². The number of hydrogen-bond acceptors (Lipinski definition) is 7. The van der Waals surface area contributed by atoms with Gasteiger partial charge < -0.3 is 9.64 Å². The van der Waals surface area contributed by atoms with Crippen LogP contribution < -0.4 is 5.32 Å². The number of carbonyl (C=O) groups is 3. The lowest BCUT2D eigenvalue weighted by Gasteiger charge is -2.41. The summed E-state index contributed by atoms with van der Waals surface area (Å²) in [7, 11) is 0. The molecule has 0 saturated carbocycles. The van der Waals surface area contributed by atoms with Crippen LogP contribution in [0.3, 0.4) is 0 Å². The first-order valence-electron chi connectivity index (χ1n) is 8.46. The molecule has 1 N–H and O–H groups in total. The number of nitrogens with one attached hydrogen (secondary N) is 1. The summed E-state index contributed by atoms with van der Waals surface area (Å²) >= 11 is 1.05. The molecule has 1 unspecified atom stereocenters. The fraction of sp³-hybridized carbons (Fsp3) is 0.389. The van der Waals surface area contributed by atoms with Crippen LogP contribution in [0.15, 0.2) is 29.4 Å². The van der Waals surface area contributed by atoms with Crippen LogP contribution in [0.5, 0.6) is 0 Å². The summed E-state index contributed by atoms with van der Waals surface area (Å²) < 4.78 is 5.19. The van der Waals surface area contributed by atoms with E-state index in [-0.39, 0.29) is 23.6 Å². The summed E-state index contributed by atoms with van der Waals surface area (Å²) in [5, 5.41) is 3.01. The molecule has 8 nitrogen and oxygen atoms in total. The van der Waals surface area contributed by atoms with Crippen LogP contribution in [-0.4, -0.2) is 45.1 Å². The number of esters is 1. The predicted molar refractivity (Wildman–Crippen MR) is 102 cm³/mol. The maximum atomic E-state index is 13.0. The van der Waals surface area contributed by atoms with Crippen molar-refractivity contribution in [2.75, 3.05) is 5.32 Å². The number of anilines is 1. The highest BCUT2D eigenvalue weighted by Crippen LogP contribution is 2.31. The number of nitrogens with zero attached hydrogens (tertiary/aromatic N) is 3. The van der Waals surface area contributed by atoms with Crippen molar-refractivity contribution < 1.29 is 19.1 Å². The largest absolute Gasteiger partial charge is 0.459 e. The lowest BCUT2D eigenvalue weighted by Crippen LogP contribution is -2.58. The van der Waals surface area contributed by atoms with E-state index in [9.17, 15) is 14.4 Å². The number of carbonyl (C=O) groups excluding carboxylic acids is 3. The predicted octanol–water partition coefficient (Wildman–Crippen LogP) is 2.43. The molecule has 0 radical (unpaired) electrons. The number of aryl methyl sites for hydroxylation is 1. The molecule has 2 amide bonds. The van der Waals surface area contributed by atoms with Crippen molar-refractivity contribution in [3.8, 4) is 0 Å². The Bertz CT molecular complexity index is 899. The zero-order chi connectivity index (χ0) is 19.8. The summed E-state index contributed by atoms with van der Waals surface area (Å²) in [5.74, 6) is -0.822. The number of aromatic nitrogens is 1. The quantitative estimate of drug-likeness (QED) is 0.795. The first-order chi connectivity index (χ1) is 12.7. The van der Waals surface area contributed by atoms with E-state index in [0.29, 0.717) is 16.4 Å². The van der Waals surface area contributed by atoms with Gasteiger partial charge in [0.2, 0.25) is 0 Å². The van der Waals surface area contributed by atoms with E-state index in [1.807, 2.05) is 0 Å². The number of fused-ring (bicyclic) bond motifs is 1. The summed E-state index contributed by atoms with van der Waals surface area (Å²) in [5.41, 5.74) is -0.665. The highest BCUT2D eigenvalue weighted by Gasteiger charge is 2.45. The van der Waals surface area contributed by atoms with Gasteiger partial charge in [-0.05, 0) is 39.8 Å². The first-order valence-corrected chi connectivity index (χ1v) is 9.28. The standard InChI is InChI=1S/C18H20N4O4S/c1-10(2)26-15(24)14-11(3)19-17(27-14)21-16(25)18(4)9-13(23)20-12-7-5-6-8-22(12)18/h5-8,10H,9H2,1-4H3,(H,19,21,25). The molecule has 0 saturated heterocycles. The Balaban J connectivity index is 1.82. The Labute approximate surface area is 160 Å². The maximum absolute atomic E-state index is 13.0. The fourth-order valence-corrected chi connectivity index (χ4v) is 3.66. The Morgan fingerprint density at radius 1 is 1.37 bits per heavy atom. The Hall–Kier alpha value is -2.81. The van der Waals surface area contributed by atoms with Gasteiger partial charge in [-0.1, -0.05) is 17.4 Å². The van der Waals surface area contributed by atoms with Gasteiger partial charge in [-0.25, -0.2) is 9.78 Å². The van der Waals surface area contributed by atoms with Crippen molar-refractivity contribution in [2.24, 2.45) is 4.99 Å². The summed E-state index contributed by atoms with van der Waals surface area (Å²) in [6.07, 6.45) is 6.60. The summed E-state index contributed by atoms with van der Waals surface area (Å²) in [6.45, 7) is 6.87. The first kappa shape index (κ1) is 19.0. The van der Waals surface area contributed by atoms with Gasteiger partial charge in [0.15, 0.2) is 5.13 Å². The number of thiazole rings is 1. The maximum Gasteiger partial charge on any atom is 0.350 e. The highest BCUT2D eigenvalue weighted by molar-refractivity contribution is 7.17. The van der Waals surface area contributed by atoms with Gasteiger partial charge in [-0.3, -0.25) is 14.9 Å². The molecular formula is C18H20N4O4S. The van der Waals surface area contributed by atoms with Crippen LogP contribution in [0.1, 0.15) is 42.6 Å². The van der Waals surface area contributed by atoms with E-state index in [2.05, 4.69) is 15.3 Å². The number of amidine groups is 1. The van der Waals surface area contributed by atoms with Gasteiger partial charge in [0.1, 0.15) is 16.3 Å². The number of amides is 2. The average molecular weight is 388 g/mol. The number of allylic oxidation sites excluding steroid dienone is 2. The second-order valence-corrected chi connectivity index (χ2v) is 7.73. The minimum Gasteiger partial charge on any atom is -0.459 e. The monoisotopic (exact) mass is 388 g/mol. The van der Waals surface area contributed by atoms with Crippen molar-refractivity contribution in [1.82, 2.24) is 9.88 Å². The summed E-state index contributed by atoms with van der Waals surface area (Å²) in [6, 6.07) is 0. The molecule has 0 aliphatic carbocycles. The van der Waals surface area contributed by atoms with Crippen LogP contribution in [0, 0.1) is 6.92 Å². The van der Waals surface area contributed by atoms with Crippen molar-refractivity contribution in [3.05, 3.63) is 35.0 Å². The SMILES string of the molecule is Cc1nc(NC(=O)C2(C)CC(=O)N=C3C=CC=CN32)sc1C(=O)OC(C)C. The van der Waals surface area contributed by atoms with Crippen LogP contribution in [-0.2, 0) is 14.3 Å². The fourth-order valence-electron chi connectivity index (χ4n) is 2.82. The molecule has 142 valence electrons. The van der Waals surface area contributed by atoms with Gasteiger partial charge in [0, 0.05) is 6.20 Å². The molecule has 3 heterocycles. The van der Waals surface area contributed by atoms with E-state index in [0.717, 1.165) is 11.3 Å². The van der Waals surface area contributed by atoms with Gasteiger partial charge in [-0.2, -0.15) is 4.99 Å². The molecule has 1 aromatic heterocycles. The zero-order valence-corrected chi connectivity index (χ0v) is 16.3. The molecule has 0 bridgehead atoms. The van der Waals surface area contributed by atoms with Crippen molar-refractivity contribution in [1.29, 1.82) is 0 Å². The van der Waals surface area contributed by atoms with Gasteiger partial charge in [-0.15, -0.1) is 0 Å². The van der Waals surface area contributed by atoms with E-state index in [1.54, 1.807) is 57.0 Å². The van der Waals surface area contributed by atoms with Crippen molar-refractivity contribution in [3.63, 3.8) is 0 Å². The molecule has 0 spiro atoms. The molecule has 0 aromatic carbocycles. The molecule has 1 aromatic rings. The third kappa shape index (κ3) is 3.68. The lowest BCUT2D eigenvalue weighted by molar-refractivity contribution is -0.130. The van der Waals surface area contributed by atoms with Crippen LogP contribution in [0.25, 0.3) is 0 Å². The van der Waals surface area contributed by atoms with Crippen LogP contribution >= 0.6 is 11.3 Å². The smallest absolute Gasteiger partial charge is 0.350 e. The number of aliphatic imine (C=N–C) groups is 1. The topological polar surface area (TPSA) is 101 Å². The number of ether oxygens (including phenoxy) is 1. The molecule has 2 aliphatic rings. The lowest BCUT2D eigenvalue weighted by atomic mass is 9.91. The Kier molecular flexibility index (Phi) is 4.97. The minimum atomic E-state index is -1.15. The molecule has 0 fully saturated rings. The molecule has 2 aliphatic heterocycles. The van der Waals surface area contributed by atoms with Crippen LogP contribution in [0.2, 0.25) is 0 Å². The molecule has 3 rings (SSSR count). The summed E-state index contributed by atoms with van der Waals surface area (Å²) in [4.78, 5) is 47.3. The molecule has 1 atom stereocenters.